The molecular weight excluding hydrogens is 396 g/mol. The average molecular weight is 417 g/mol. The minimum Gasteiger partial charge on any atom is -0.497 e. The van der Waals surface area contributed by atoms with Gasteiger partial charge in [-0.1, -0.05) is 29.4 Å². The number of rotatable bonds is 6. The van der Waals surface area contributed by atoms with Crippen LogP contribution in [0.15, 0.2) is 58.6 Å². The van der Waals surface area contributed by atoms with Crippen LogP contribution in [-0.4, -0.2) is 26.3 Å². The maximum atomic E-state index is 12.4. The molecule has 2 atom stereocenters. The van der Waals surface area contributed by atoms with E-state index >= 15 is 0 Å². The van der Waals surface area contributed by atoms with Gasteiger partial charge in [-0.25, -0.2) is 0 Å². The molecule has 1 saturated heterocycles. The molecule has 0 N–H and O–H groups in total. The van der Waals surface area contributed by atoms with Gasteiger partial charge in [-0.2, -0.15) is 13.7 Å². The number of thioether (sulfide) groups is 1. The lowest BCUT2D eigenvalue weighted by Crippen LogP contribution is -2.17. The van der Waals surface area contributed by atoms with E-state index in [1.807, 2.05) is 31.2 Å². The second kappa shape index (κ2) is 8.67. The zero-order chi connectivity index (χ0) is 20.1. The van der Waals surface area contributed by atoms with Gasteiger partial charge in [0, 0.05) is 11.7 Å². The van der Waals surface area contributed by atoms with Crippen LogP contribution in [0.1, 0.15) is 23.5 Å². The first kappa shape index (κ1) is 20.2. The zero-order valence-electron chi connectivity index (χ0n) is 15.5. The largest absolute Gasteiger partial charge is 0.497 e. The third-order valence-corrected chi connectivity index (χ3v) is 6.87. The van der Waals surface area contributed by atoms with Gasteiger partial charge in [0.1, 0.15) is 15.7 Å². The molecule has 2 unspecified atom stereocenters. The first-order chi connectivity index (χ1) is 13.5. The van der Waals surface area contributed by atoms with Crippen LogP contribution < -0.4 is 4.74 Å². The summed E-state index contributed by atoms with van der Waals surface area (Å²) in [6.45, 7) is 1.96. The Balaban J connectivity index is 1.82. The Bertz CT molecular complexity index is 1010. The van der Waals surface area contributed by atoms with E-state index in [1.54, 1.807) is 12.1 Å². The number of nitrogens with zero attached hydrogens (tertiary/aromatic N) is 2. The molecular formula is C20H20N2O4S2. The van der Waals surface area contributed by atoms with Crippen LogP contribution in [0.5, 0.6) is 5.75 Å². The van der Waals surface area contributed by atoms with E-state index in [9.17, 15) is 13.7 Å². The van der Waals surface area contributed by atoms with Gasteiger partial charge < -0.3 is 4.74 Å². The van der Waals surface area contributed by atoms with Crippen LogP contribution in [0.25, 0.3) is 0 Å². The van der Waals surface area contributed by atoms with E-state index in [2.05, 4.69) is 11.2 Å². The quantitative estimate of drug-likeness (QED) is 0.659. The normalized spacial score (nSPS) is 19.2. The van der Waals surface area contributed by atoms with Gasteiger partial charge in [0.05, 0.1) is 19.1 Å². The highest BCUT2D eigenvalue weighted by atomic mass is 32.2. The third kappa shape index (κ3) is 4.32. The van der Waals surface area contributed by atoms with Crippen LogP contribution in [0.3, 0.4) is 0 Å². The number of nitriles is 1. The van der Waals surface area contributed by atoms with Crippen molar-refractivity contribution in [1.82, 2.24) is 0 Å². The molecule has 146 valence electrons. The van der Waals surface area contributed by atoms with Crippen molar-refractivity contribution >= 4 is 26.9 Å². The highest BCUT2D eigenvalue weighted by molar-refractivity contribution is 8.14. The lowest BCUT2D eigenvalue weighted by atomic mass is 9.84. The summed E-state index contributed by atoms with van der Waals surface area (Å²) in [6, 6.07) is 16.0. The van der Waals surface area contributed by atoms with Crippen molar-refractivity contribution in [2.75, 3.05) is 12.9 Å². The number of hydrogen-bond acceptors (Lipinski definition) is 7. The topological polar surface area (TPSA) is 88.8 Å². The summed E-state index contributed by atoms with van der Waals surface area (Å²) in [5.74, 6) is 0.718. The number of methoxy groups -OCH3 is 1. The van der Waals surface area contributed by atoms with E-state index in [0.717, 1.165) is 23.3 Å². The molecule has 0 bridgehead atoms. The molecule has 0 radical (unpaired) electrons. The standard InChI is InChI=1S/C20H20N2O4S2/c1-14-5-3-4-6-17(14)19(13-21)18-11-12-27-20(18)22-26-28(23,24)16-9-7-15(25-2)8-10-16/h3-10,18-19H,11-12H2,1-2H3/b22-20-. The summed E-state index contributed by atoms with van der Waals surface area (Å²) < 4.78 is 34.8. The fourth-order valence-electron chi connectivity index (χ4n) is 3.11. The lowest BCUT2D eigenvalue weighted by Gasteiger charge is -2.18. The van der Waals surface area contributed by atoms with Gasteiger partial charge in [-0.3, -0.25) is 4.28 Å². The minimum absolute atomic E-state index is 0.00654. The monoisotopic (exact) mass is 416 g/mol. The Kier molecular flexibility index (Phi) is 6.27. The third-order valence-electron chi connectivity index (χ3n) is 4.63. The van der Waals surface area contributed by atoms with E-state index in [1.165, 1.54) is 31.0 Å². The van der Waals surface area contributed by atoms with Crippen LogP contribution in [0.4, 0.5) is 0 Å². The Morgan fingerprint density at radius 2 is 1.93 bits per heavy atom. The molecule has 0 spiro atoms. The summed E-state index contributed by atoms with van der Waals surface area (Å²) in [7, 11) is -2.54. The van der Waals surface area contributed by atoms with Gasteiger partial charge in [0.25, 0.3) is 0 Å². The molecule has 0 saturated carbocycles. The number of oxime groups is 1. The highest BCUT2D eigenvalue weighted by Crippen LogP contribution is 2.39. The Hall–Kier alpha value is -2.50. The second-order valence-corrected chi connectivity index (χ2v) is 8.98. The summed E-state index contributed by atoms with van der Waals surface area (Å²) in [4.78, 5) is -0.00654. The first-order valence-corrected chi connectivity index (χ1v) is 11.1. The van der Waals surface area contributed by atoms with E-state index in [4.69, 9.17) is 9.02 Å². The lowest BCUT2D eigenvalue weighted by molar-refractivity contribution is 0.336. The fourth-order valence-corrected chi connectivity index (χ4v) is 5.03. The Labute approximate surface area is 169 Å². The zero-order valence-corrected chi connectivity index (χ0v) is 17.2. The molecule has 1 aliphatic rings. The summed E-state index contributed by atoms with van der Waals surface area (Å²) >= 11 is 1.43. The van der Waals surface area contributed by atoms with Crippen molar-refractivity contribution in [3.63, 3.8) is 0 Å². The average Bonchev–Trinajstić information content (AvgIpc) is 3.17. The molecule has 6 nitrogen and oxygen atoms in total. The Morgan fingerprint density at radius 1 is 1.21 bits per heavy atom. The van der Waals surface area contributed by atoms with Crippen molar-refractivity contribution in [2.24, 2.45) is 11.1 Å². The molecule has 0 aliphatic carbocycles. The molecule has 2 aromatic carbocycles. The Morgan fingerprint density at radius 3 is 2.57 bits per heavy atom. The number of ether oxygens (including phenoxy) is 1. The van der Waals surface area contributed by atoms with Crippen LogP contribution >= 0.6 is 11.8 Å². The summed E-state index contributed by atoms with van der Waals surface area (Å²) in [5, 5.41) is 14.2. The van der Waals surface area contributed by atoms with Crippen LogP contribution in [0.2, 0.25) is 0 Å². The molecule has 0 aromatic heterocycles. The second-order valence-electron chi connectivity index (χ2n) is 6.34. The molecule has 0 amide bonds. The fraction of sp³-hybridized carbons (Fsp3) is 0.300. The van der Waals surface area contributed by atoms with Crippen molar-refractivity contribution < 1.29 is 17.4 Å². The van der Waals surface area contributed by atoms with Crippen molar-refractivity contribution in [3.8, 4) is 11.8 Å². The SMILES string of the molecule is COc1ccc(S(=O)(=O)O/N=C2\SCCC2C(C#N)c2ccccc2C)cc1. The van der Waals surface area contributed by atoms with Gasteiger partial charge in [-0.05, 0) is 48.7 Å². The summed E-state index contributed by atoms with van der Waals surface area (Å²) in [5.41, 5.74) is 1.96. The molecule has 8 heteroatoms. The van der Waals surface area contributed by atoms with E-state index in [-0.39, 0.29) is 10.8 Å². The van der Waals surface area contributed by atoms with Crippen molar-refractivity contribution in [2.45, 2.75) is 24.2 Å². The predicted octanol–water partition coefficient (Wildman–Crippen LogP) is 4.08. The van der Waals surface area contributed by atoms with Gasteiger partial charge >= 0.3 is 10.1 Å². The molecule has 1 heterocycles. The minimum atomic E-state index is -4.04. The van der Waals surface area contributed by atoms with Gasteiger partial charge in [0.15, 0.2) is 0 Å². The van der Waals surface area contributed by atoms with Crippen molar-refractivity contribution in [1.29, 1.82) is 5.26 Å². The number of aryl methyl sites for hydroxylation is 1. The smallest absolute Gasteiger partial charge is 0.358 e. The molecule has 3 rings (SSSR count). The molecule has 1 aliphatic heterocycles. The molecule has 28 heavy (non-hydrogen) atoms. The van der Waals surface area contributed by atoms with Crippen molar-refractivity contribution in [3.05, 3.63) is 59.7 Å². The first-order valence-electron chi connectivity index (χ1n) is 8.70. The van der Waals surface area contributed by atoms with Gasteiger partial charge in [-0.15, -0.1) is 11.8 Å². The number of benzene rings is 2. The summed E-state index contributed by atoms with van der Waals surface area (Å²) in [6.07, 6.45) is 0.738. The van der Waals surface area contributed by atoms with E-state index in [0.29, 0.717) is 10.8 Å². The van der Waals surface area contributed by atoms with Gasteiger partial charge in [0.2, 0.25) is 0 Å². The highest BCUT2D eigenvalue weighted by Gasteiger charge is 2.34. The predicted molar refractivity (Wildman–Crippen MR) is 109 cm³/mol. The maximum absolute atomic E-state index is 12.4. The van der Waals surface area contributed by atoms with Crippen LogP contribution in [-0.2, 0) is 14.4 Å². The molecule has 1 fully saturated rings. The maximum Gasteiger partial charge on any atom is 0.358 e. The number of hydrogen-bond donors (Lipinski definition) is 0. The van der Waals surface area contributed by atoms with E-state index < -0.39 is 16.0 Å². The van der Waals surface area contributed by atoms with Crippen LogP contribution in [0, 0.1) is 24.2 Å². The molecule has 2 aromatic rings.